The summed E-state index contributed by atoms with van der Waals surface area (Å²) in [5.41, 5.74) is 0.750. The van der Waals surface area contributed by atoms with E-state index in [9.17, 15) is 9.59 Å². The third-order valence-electron chi connectivity index (χ3n) is 2.73. The molecular formula is C16H23NO2S. The molecular weight excluding hydrogens is 270 g/mol. The molecule has 3 nitrogen and oxygen atoms in total. The summed E-state index contributed by atoms with van der Waals surface area (Å²) in [6.07, 6.45) is 1.45. The lowest BCUT2D eigenvalue weighted by atomic mass is 10.1. The lowest BCUT2D eigenvalue weighted by Crippen LogP contribution is -2.28. The molecule has 0 aliphatic rings. The number of carbonyl (C=O) groups excluding carboxylic acids is 2. The maximum atomic E-state index is 11.7. The summed E-state index contributed by atoms with van der Waals surface area (Å²) in [5.74, 6) is 1.11. The molecule has 1 aromatic rings. The molecule has 0 radical (unpaired) electrons. The zero-order valence-electron chi connectivity index (χ0n) is 12.4. The largest absolute Gasteiger partial charge is 0.355 e. The predicted molar refractivity (Wildman–Crippen MR) is 84.3 cm³/mol. The van der Waals surface area contributed by atoms with E-state index >= 15 is 0 Å². The van der Waals surface area contributed by atoms with Gasteiger partial charge < -0.3 is 5.32 Å². The highest BCUT2D eigenvalue weighted by atomic mass is 32.2. The van der Waals surface area contributed by atoms with Crippen LogP contribution in [0.3, 0.4) is 0 Å². The van der Waals surface area contributed by atoms with Gasteiger partial charge in [0.2, 0.25) is 5.91 Å². The van der Waals surface area contributed by atoms with Crippen LogP contribution in [0.4, 0.5) is 0 Å². The Hall–Kier alpha value is -1.29. The van der Waals surface area contributed by atoms with E-state index in [0.29, 0.717) is 24.6 Å². The molecule has 0 spiro atoms. The lowest BCUT2D eigenvalue weighted by molar-refractivity contribution is -0.118. The Kier molecular flexibility index (Phi) is 7.37. The summed E-state index contributed by atoms with van der Waals surface area (Å²) >= 11 is 1.49. The van der Waals surface area contributed by atoms with Crippen molar-refractivity contribution in [1.82, 2.24) is 5.32 Å². The van der Waals surface area contributed by atoms with Crippen molar-refractivity contribution in [3.05, 3.63) is 29.8 Å². The van der Waals surface area contributed by atoms with Crippen LogP contribution in [-0.2, 0) is 4.79 Å². The highest BCUT2D eigenvalue weighted by Gasteiger charge is 2.06. The zero-order chi connectivity index (χ0) is 15.0. The van der Waals surface area contributed by atoms with Crippen molar-refractivity contribution in [1.29, 1.82) is 0 Å². The van der Waals surface area contributed by atoms with Gasteiger partial charge in [0.15, 0.2) is 5.78 Å². The molecule has 110 valence electrons. The van der Waals surface area contributed by atoms with Gasteiger partial charge in [0, 0.05) is 23.4 Å². The first-order valence-electron chi connectivity index (χ1n) is 7.05. The molecule has 0 fully saturated rings. The fourth-order valence-corrected chi connectivity index (χ4v) is 2.35. The molecule has 0 bridgehead atoms. The molecule has 1 amide bonds. The van der Waals surface area contributed by atoms with Crippen LogP contribution in [0.25, 0.3) is 0 Å². The first-order valence-corrected chi connectivity index (χ1v) is 8.04. The number of carbonyl (C=O) groups is 2. The zero-order valence-corrected chi connectivity index (χ0v) is 13.3. The Morgan fingerprint density at radius 3 is 2.40 bits per heavy atom. The molecule has 0 aliphatic carbocycles. The number of amides is 1. The van der Waals surface area contributed by atoms with Gasteiger partial charge in [-0.05, 0) is 24.5 Å². The normalized spacial score (nSPS) is 10.6. The monoisotopic (exact) mass is 293 g/mol. The lowest BCUT2D eigenvalue weighted by Gasteiger charge is -2.07. The van der Waals surface area contributed by atoms with E-state index in [2.05, 4.69) is 19.2 Å². The molecule has 20 heavy (non-hydrogen) atoms. The Morgan fingerprint density at radius 1 is 1.20 bits per heavy atom. The summed E-state index contributed by atoms with van der Waals surface area (Å²) in [6.45, 7) is 6.85. The highest BCUT2D eigenvalue weighted by molar-refractivity contribution is 8.00. The number of thioether (sulfide) groups is 1. The van der Waals surface area contributed by atoms with Crippen molar-refractivity contribution < 1.29 is 9.59 Å². The molecule has 1 N–H and O–H groups in total. The van der Waals surface area contributed by atoms with Crippen molar-refractivity contribution in [2.24, 2.45) is 5.92 Å². The SMILES string of the molecule is CCCC(=O)c1ccc(SCC(=O)NCC(C)C)cc1. The van der Waals surface area contributed by atoms with E-state index in [0.717, 1.165) is 16.9 Å². The number of hydrogen-bond donors (Lipinski definition) is 1. The van der Waals surface area contributed by atoms with E-state index in [1.54, 1.807) is 0 Å². The quantitative estimate of drug-likeness (QED) is 0.589. The van der Waals surface area contributed by atoms with Crippen LogP contribution in [0.5, 0.6) is 0 Å². The second kappa shape index (κ2) is 8.80. The third-order valence-corrected chi connectivity index (χ3v) is 3.74. The Labute approximate surface area is 125 Å². The van der Waals surface area contributed by atoms with Gasteiger partial charge in [-0.2, -0.15) is 0 Å². The maximum absolute atomic E-state index is 11.7. The molecule has 1 rings (SSSR count). The fourth-order valence-electron chi connectivity index (χ4n) is 1.63. The van der Waals surface area contributed by atoms with Crippen LogP contribution in [0.15, 0.2) is 29.2 Å². The smallest absolute Gasteiger partial charge is 0.230 e. The number of Topliss-reactive ketones (excluding diaryl/α,β-unsaturated/α-hetero) is 1. The van der Waals surface area contributed by atoms with Crippen molar-refractivity contribution in [2.45, 2.75) is 38.5 Å². The number of benzene rings is 1. The van der Waals surface area contributed by atoms with Gasteiger partial charge in [0.25, 0.3) is 0 Å². The van der Waals surface area contributed by atoms with Crippen LogP contribution < -0.4 is 5.32 Å². The van der Waals surface area contributed by atoms with Gasteiger partial charge in [-0.15, -0.1) is 11.8 Å². The summed E-state index contributed by atoms with van der Waals surface area (Å²) < 4.78 is 0. The molecule has 4 heteroatoms. The Morgan fingerprint density at radius 2 is 1.85 bits per heavy atom. The number of nitrogens with one attached hydrogen (secondary N) is 1. The van der Waals surface area contributed by atoms with Crippen molar-refractivity contribution >= 4 is 23.5 Å². The van der Waals surface area contributed by atoms with Crippen LogP contribution in [0.1, 0.15) is 44.0 Å². The van der Waals surface area contributed by atoms with Crippen molar-refractivity contribution in [3.8, 4) is 0 Å². The fraction of sp³-hybridized carbons (Fsp3) is 0.500. The van der Waals surface area contributed by atoms with E-state index in [1.165, 1.54) is 11.8 Å². The number of ketones is 1. The molecule has 0 saturated carbocycles. The topological polar surface area (TPSA) is 46.2 Å². The van der Waals surface area contributed by atoms with Gasteiger partial charge in [-0.25, -0.2) is 0 Å². The minimum absolute atomic E-state index is 0.0508. The van der Waals surface area contributed by atoms with Gasteiger partial charge in [0.05, 0.1) is 5.75 Å². The van der Waals surface area contributed by atoms with Gasteiger partial charge >= 0.3 is 0 Å². The second-order valence-corrected chi connectivity index (χ2v) is 6.23. The average molecular weight is 293 g/mol. The van der Waals surface area contributed by atoms with Crippen molar-refractivity contribution in [3.63, 3.8) is 0 Å². The second-order valence-electron chi connectivity index (χ2n) is 5.18. The van der Waals surface area contributed by atoms with Gasteiger partial charge in [-0.3, -0.25) is 9.59 Å². The van der Waals surface area contributed by atoms with Gasteiger partial charge in [-0.1, -0.05) is 32.9 Å². The Bertz CT molecular complexity index is 440. The minimum atomic E-state index is 0.0508. The highest BCUT2D eigenvalue weighted by Crippen LogP contribution is 2.19. The third kappa shape index (κ3) is 6.24. The van der Waals surface area contributed by atoms with E-state index in [-0.39, 0.29) is 11.7 Å². The van der Waals surface area contributed by atoms with E-state index < -0.39 is 0 Å². The molecule has 0 unspecified atom stereocenters. The first-order chi connectivity index (χ1) is 9.52. The summed E-state index contributed by atoms with van der Waals surface area (Å²) in [6, 6.07) is 7.49. The van der Waals surface area contributed by atoms with Crippen LogP contribution in [0.2, 0.25) is 0 Å². The van der Waals surface area contributed by atoms with Crippen molar-refractivity contribution in [2.75, 3.05) is 12.3 Å². The summed E-state index contributed by atoms with van der Waals surface area (Å²) in [4.78, 5) is 24.3. The minimum Gasteiger partial charge on any atom is -0.355 e. The predicted octanol–water partition coefficient (Wildman–Crippen LogP) is 3.53. The maximum Gasteiger partial charge on any atom is 0.230 e. The van der Waals surface area contributed by atoms with Crippen LogP contribution in [-0.4, -0.2) is 24.0 Å². The standard InChI is InChI=1S/C16H23NO2S/c1-4-5-15(18)13-6-8-14(9-7-13)20-11-16(19)17-10-12(2)3/h6-9,12H,4-5,10-11H2,1-3H3,(H,17,19). The molecule has 0 saturated heterocycles. The summed E-state index contributed by atoms with van der Waals surface area (Å²) in [5, 5.41) is 2.88. The van der Waals surface area contributed by atoms with Crippen LogP contribution >= 0.6 is 11.8 Å². The Balaban J connectivity index is 2.42. The summed E-state index contributed by atoms with van der Waals surface area (Å²) in [7, 11) is 0. The van der Waals surface area contributed by atoms with Crippen LogP contribution in [0, 0.1) is 5.92 Å². The van der Waals surface area contributed by atoms with Gasteiger partial charge in [0.1, 0.15) is 0 Å². The number of rotatable bonds is 8. The molecule has 0 atom stereocenters. The van der Waals surface area contributed by atoms with E-state index in [4.69, 9.17) is 0 Å². The first kappa shape index (κ1) is 16.8. The average Bonchev–Trinajstić information content (AvgIpc) is 2.43. The number of hydrogen-bond acceptors (Lipinski definition) is 3. The van der Waals surface area contributed by atoms with E-state index in [1.807, 2.05) is 31.2 Å². The molecule has 1 aromatic carbocycles. The molecule has 0 aromatic heterocycles. The molecule has 0 heterocycles. The molecule has 0 aliphatic heterocycles.